The predicted octanol–water partition coefficient (Wildman–Crippen LogP) is 22.0. The highest BCUT2D eigenvalue weighted by Gasteiger charge is 2.30. The molecule has 0 fully saturated rings. The topological polar surface area (TPSA) is 237 Å². The van der Waals surface area contributed by atoms with Gasteiger partial charge in [0.15, 0.2) is 12.2 Å². The zero-order valence-electron chi connectivity index (χ0n) is 62.7. The molecule has 0 amide bonds. The van der Waals surface area contributed by atoms with E-state index < -0.39 is 97.5 Å². The van der Waals surface area contributed by atoms with Crippen LogP contribution in [0, 0.1) is 0 Å². The molecule has 0 aliphatic heterocycles. The van der Waals surface area contributed by atoms with Crippen molar-refractivity contribution in [1.82, 2.24) is 0 Å². The minimum atomic E-state index is -5.02. The number of esters is 4. The number of hydrogen-bond acceptors (Lipinski definition) is 15. The van der Waals surface area contributed by atoms with Gasteiger partial charge in [-0.05, 0) is 128 Å². The third kappa shape index (κ3) is 72.5. The molecule has 0 saturated carbocycles. The van der Waals surface area contributed by atoms with Gasteiger partial charge in [-0.2, -0.15) is 0 Å². The van der Waals surface area contributed by atoms with Crippen LogP contribution in [0.1, 0.15) is 259 Å². The molecule has 0 aromatic carbocycles. The molecule has 3 N–H and O–H groups in total. The summed E-state index contributed by atoms with van der Waals surface area (Å²) < 4.78 is 68.2. The van der Waals surface area contributed by atoms with Crippen molar-refractivity contribution in [2.45, 2.75) is 277 Å². The van der Waals surface area contributed by atoms with Crippen LogP contribution in [0.25, 0.3) is 0 Å². The standard InChI is InChI=1S/C83H132O17P2/c1-5-9-13-17-21-25-29-32-35-37-38-40-43-45-49-52-56-60-64-68-81(86)94-74-79(100-83(88)70-66-62-58-54-50-46-41-34-31-27-23-19-15-11-7-3)76-98-102(91,92)96-72-77(84)71-95-101(89,90)97-75-78(99-82(87)69-65-61-57-53-47-28-24-20-16-12-8-4)73-93-80(85)67-63-59-55-51-48-44-42-39-36-33-30-26-22-18-14-10-6-2/h9-11,13-15,21-23,25-27,32-36,38,40-42,44-45,49-50,54,56,60,62,66,77-79,84H,5-8,12,16-20,24,28-31,37,39,43,46-48,51-53,55,57-59,61,63-65,67-76H2,1-4H3,(H,89,90)(H,91,92)/b13-9-,14-10-,15-11-,25-21-,26-22-,27-23-,35-32-,36-33-,40-38-,41-34-,44-42-,49-45-,54-50-,60-56-,66-62-. The van der Waals surface area contributed by atoms with E-state index in [-0.39, 0.29) is 25.7 Å². The van der Waals surface area contributed by atoms with Gasteiger partial charge >= 0.3 is 39.5 Å². The molecule has 19 heteroatoms. The van der Waals surface area contributed by atoms with Crippen LogP contribution in [0.5, 0.6) is 0 Å². The van der Waals surface area contributed by atoms with Gasteiger partial charge in [-0.3, -0.25) is 37.3 Å². The summed E-state index contributed by atoms with van der Waals surface area (Å²) in [6, 6.07) is 0. The van der Waals surface area contributed by atoms with Crippen LogP contribution in [-0.4, -0.2) is 96.7 Å². The first-order valence-electron chi connectivity index (χ1n) is 38.0. The van der Waals surface area contributed by atoms with Gasteiger partial charge in [0.25, 0.3) is 0 Å². The first kappa shape index (κ1) is 96.2. The van der Waals surface area contributed by atoms with E-state index in [4.69, 9.17) is 37.0 Å². The van der Waals surface area contributed by atoms with E-state index in [9.17, 15) is 43.2 Å². The van der Waals surface area contributed by atoms with Crippen LogP contribution < -0.4 is 0 Å². The number of ether oxygens (including phenoxy) is 4. The Kier molecular flexibility index (Phi) is 69.3. The Morgan fingerprint density at radius 2 is 0.569 bits per heavy atom. The minimum Gasteiger partial charge on any atom is -0.462 e. The van der Waals surface area contributed by atoms with Gasteiger partial charge in [0.05, 0.1) is 32.8 Å². The molecule has 0 rings (SSSR count). The Hall–Kier alpha value is -5.84. The van der Waals surface area contributed by atoms with Crippen molar-refractivity contribution in [2.24, 2.45) is 0 Å². The highest BCUT2D eigenvalue weighted by atomic mass is 31.2. The third-order valence-corrected chi connectivity index (χ3v) is 16.8. The average molecular weight is 1460 g/mol. The van der Waals surface area contributed by atoms with Gasteiger partial charge < -0.3 is 33.8 Å². The number of unbranched alkanes of at least 4 members (excludes halogenated alkanes) is 14. The molecule has 0 heterocycles. The second-order valence-corrected chi connectivity index (χ2v) is 27.4. The van der Waals surface area contributed by atoms with Crippen molar-refractivity contribution in [3.8, 4) is 0 Å². The Morgan fingerprint density at radius 1 is 0.294 bits per heavy atom. The molecule has 576 valence electrons. The molecule has 0 aromatic heterocycles. The van der Waals surface area contributed by atoms with Crippen molar-refractivity contribution in [1.29, 1.82) is 0 Å². The number of allylic oxidation sites excluding steroid dienone is 29. The van der Waals surface area contributed by atoms with Crippen LogP contribution in [0.4, 0.5) is 0 Å². The first-order chi connectivity index (χ1) is 49.7. The summed E-state index contributed by atoms with van der Waals surface area (Å²) in [4.78, 5) is 72.7. The van der Waals surface area contributed by atoms with Crippen LogP contribution >= 0.6 is 15.6 Å². The van der Waals surface area contributed by atoms with Gasteiger partial charge in [-0.25, -0.2) is 9.13 Å². The Bertz CT molecular complexity index is 2650. The fourth-order valence-electron chi connectivity index (χ4n) is 9.25. The maximum atomic E-state index is 13.1. The normalized spacial score (nSPS) is 14.9. The molecule has 5 atom stereocenters. The van der Waals surface area contributed by atoms with Crippen LogP contribution in [0.2, 0.25) is 0 Å². The number of carbonyl (C=O) groups is 4. The fourth-order valence-corrected chi connectivity index (χ4v) is 10.8. The zero-order valence-corrected chi connectivity index (χ0v) is 64.5. The number of aliphatic hydroxyl groups is 1. The number of rotatable bonds is 69. The fraction of sp³-hybridized carbons (Fsp3) is 0.590. The molecule has 102 heavy (non-hydrogen) atoms. The van der Waals surface area contributed by atoms with Crippen molar-refractivity contribution in [3.63, 3.8) is 0 Å². The maximum absolute atomic E-state index is 13.1. The molecule has 17 nitrogen and oxygen atoms in total. The molecule has 0 saturated heterocycles. The average Bonchev–Trinajstić information content (AvgIpc) is 0.939. The highest BCUT2D eigenvalue weighted by molar-refractivity contribution is 7.47. The van der Waals surface area contributed by atoms with Gasteiger partial charge in [0, 0.05) is 19.3 Å². The van der Waals surface area contributed by atoms with Crippen LogP contribution in [0.15, 0.2) is 182 Å². The SMILES string of the molecule is CC/C=C\C/C=C\C/C=C\C/C=C\C/C=C\C/C=C\CCC(=O)OCC(COP(=O)(O)OCC(O)COP(=O)(O)OCC(COC(=O)CCCCCC/C=C\C/C=C\C/C=C\C/C=C\CC)OC(=O)CCCCCCCCCCCCC)OC(=O)C/C=C\C/C=C\C/C=C\C/C=C\C/C=C\CC. The monoisotopic (exact) mass is 1460 g/mol. The van der Waals surface area contributed by atoms with Gasteiger partial charge in [0.1, 0.15) is 19.3 Å². The number of phosphoric acid groups is 2. The summed E-state index contributed by atoms with van der Waals surface area (Å²) in [6.45, 7) is 4.26. The molecule has 0 bridgehead atoms. The molecule has 0 aliphatic rings. The Balaban J connectivity index is 5.50. The van der Waals surface area contributed by atoms with E-state index in [0.717, 1.165) is 135 Å². The zero-order chi connectivity index (χ0) is 74.6. The van der Waals surface area contributed by atoms with E-state index in [1.165, 1.54) is 38.5 Å². The molecule has 0 radical (unpaired) electrons. The highest BCUT2D eigenvalue weighted by Crippen LogP contribution is 2.45. The second kappa shape index (κ2) is 73.5. The van der Waals surface area contributed by atoms with Crippen molar-refractivity contribution in [3.05, 3.63) is 182 Å². The van der Waals surface area contributed by atoms with Gasteiger partial charge in [0.2, 0.25) is 0 Å². The first-order valence-corrected chi connectivity index (χ1v) is 41.0. The van der Waals surface area contributed by atoms with Crippen LogP contribution in [0.3, 0.4) is 0 Å². The number of phosphoric ester groups is 2. The lowest BCUT2D eigenvalue weighted by atomic mass is 10.1. The lowest BCUT2D eigenvalue weighted by molar-refractivity contribution is -0.161. The third-order valence-electron chi connectivity index (χ3n) is 14.9. The van der Waals surface area contributed by atoms with E-state index in [0.29, 0.717) is 32.1 Å². The molecule has 5 unspecified atom stereocenters. The van der Waals surface area contributed by atoms with Crippen molar-refractivity contribution in [2.75, 3.05) is 39.6 Å². The predicted molar refractivity (Wildman–Crippen MR) is 417 cm³/mol. The maximum Gasteiger partial charge on any atom is 0.472 e. The summed E-state index contributed by atoms with van der Waals surface area (Å²) in [5.74, 6) is -2.47. The molecule has 0 aromatic rings. The largest absolute Gasteiger partial charge is 0.472 e. The molecule has 0 spiro atoms. The van der Waals surface area contributed by atoms with E-state index in [2.05, 4.69) is 167 Å². The van der Waals surface area contributed by atoms with Crippen molar-refractivity contribution < 1.29 is 80.2 Å². The number of aliphatic hydroxyl groups excluding tert-OH is 1. The second-order valence-electron chi connectivity index (χ2n) is 24.5. The van der Waals surface area contributed by atoms with Gasteiger partial charge in [-0.1, -0.05) is 287 Å². The lowest BCUT2D eigenvalue weighted by Crippen LogP contribution is -2.30. The lowest BCUT2D eigenvalue weighted by Gasteiger charge is -2.21. The van der Waals surface area contributed by atoms with Gasteiger partial charge in [-0.15, -0.1) is 0 Å². The smallest absolute Gasteiger partial charge is 0.462 e. The summed E-state index contributed by atoms with van der Waals surface area (Å²) in [5, 5.41) is 10.6. The van der Waals surface area contributed by atoms with E-state index in [1.807, 2.05) is 30.4 Å². The number of hydrogen-bond donors (Lipinski definition) is 3. The van der Waals surface area contributed by atoms with E-state index in [1.54, 1.807) is 12.2 Å². The molecular formula is C83H132O17P2. The molecular weight excluding hydrogens is 1330 g/mol. The van der Waals surface area contributed by atoms with E-state index >= 15 is 0 Å². The summed E-state index contributed by atoms with van der Waals surface area (Å²) in [5.41, 5.74) is 0. The Labute approximate surface area is 615 Å². The summed E-state index contributed by atoms with van der Waals surface area (Å²) in [7, 11) is -10.0. The Morgan fingerprint density at radius 3 is 0.931 bits per heavy atom. The summed E-state index contributed by atoms with van der Waals surface area (Å²) in [6.07, 6.45) is 88.0. The summed E-state index contributed by atoms with van der Waals surface area (Å²) >= 11 is 0. The van der Waals surface area contributed by atoms with Crippen molar-refractivity contribution >= 4 is 39.5 Å². The quantitative estimate of drug-likeness (QED) is 0.0169. The molecule has 0 aliphatic carbocycles. The number of carbonyl (C=O) groups excluding carboxylic acids is 4. The van der Waals surface area contributed by atoms with Crippen LogP contribution in [-0.2, 0) is 65.4 Å². The minimum absolute atomic E-state index is 0.00958.